The lowest BCUT2D eigenvalue weighted by Gasteiger charge is -2.16. The van der Waals surface area contributed by atoms with Gasteiger partial charge < -0.3 is 0 Å². The van der Waals surface area contributed by atoms with Crippen LogP contribution in [-0.2, 0) is 0 Å². The Morgan fingerprint density at radius 2 is 0.680 bits per heavy atom. The molecule has 25 heavy (non-hydrogen) atoms. The molecule has 0 N–H and O–H groups in total. The van der Waals surface area contributed by atoms with Crippen LogP contribution in [0.4, 0.5) is 0 Å². The number of rotatable bonds is 17. The fourth-order valence-electron chi connectivity index (χ4n) is 3.96. The SMILES string of the molecule is CCC(C)CCCC(C)CCCC(C)CCCC(C)CCCC(C)C. The van der Waals surface area contributed by atoms with Gasteiger partial charge in [-0.15, -0.1) is 0 Å². The van der Waals surface area contributed by atoms with E-state index in [0.717, 1.165) is 29.6 Å². The topological polar surface area (TPSA) is 0 Å². The molecule has 152 valence electrons. The van der Waals surface area contributed by atoms with Crippen molar-refractivity contribution in [3.05, 3.63) is 0 Å². The van der Waals surface area contributed by atoms with Crippen molar-refractivity contribution in [3.8, 4) is 0 Å². The van der Waals surface area contributed by atoms with Crippen LogP contribution >= 0.6 is 0 Å². The van der Waals surface area contributed by atoms with Gasteiger partial charge in [0.1, 0.15) is 0 Å². The van der Waals surface area contributed by atoms with Crippen molar-refractivity contribution in [2.75, 3.05) is 0 Å². The molecule has 4 unspecified atom stereocenters. The van der Waals surface area contributed by atoms with Gasteiger partial charge >= 0.3 is 0 Å². The van der Waals surface area contributed by atoms with Crippen molar-refractivity contribution < 1.29 is 0 Å². The van der Waals surface area contributed by atoms with E-state index in [1.165, 1.54) is 83.5 Å². The van der Waals surface area contributed by atoms with E-state index in [2.05, 4.69) is 48.5 Å². The van der Waals surface area contributed by atoms with Crippen LogP contribution in [0.5, 0.6) is 0 Å². The molecule has 0 saturated carbocycles. The molecule has 0 aliphatic carbocycles. The van der Waals surface area contributed by atoms with Gasteiger partial charge in [-0.2, -0.15) is 0 Å². The Morgan fingerprint density at radius 1 is 0.400 bits per heavy atom. The quantitative estimate of drug-likeness (QED) is 0.244. The highest BCUT2D eigenvalue weighted by Crippen LogP contribution is 2.23. The fourth-order valence-corrected chi connectivity index (χ4v) is 3.96. The minimum atomic E-state index is 0.879. The van der Waals surface area contributed by atoms with Gasteiger partial charge in [-0.1, -0.05) is 132 Å². The summed E-state index contributed by atoms with van der Waals surface area (Å²) >= 11 is 0. The molecule has 0 aliphatic heterocycles. The summed E-state index contributed by atoms with van der Waals surface area (Å²) in [4.78, 5) is 0. The zero-order valence-electron chi connectivity index (χ0n) is 19.1. The lowest BCUT2D eigenvalue weighted by Crippen LogP contribution is -2.02. The van der Waals surface area contributed by atoms with Gasteiger partial charge in [0.15, 0.2) is 0 Å². The van der Waals surface area contributed by atoms with Gasteiger partial charge in [-0.25, -0.2) is 0 Å². The third-order valence-corrected chi connectivity index (χ3v) is 6.36. The maximum Gasteiger partial charge on any atom is -0.0443 e. The third-order valence-electron chi connectivity index (χ3n) is 6.36. The molecule has 0 aliphatic rings. The van der Waals surface area contributed by atoms with E-state index in [1.54, 1.807) is 0 Å². The molecule has 0 amide bonds. The average molecular weight is 353 g/mol. The Kier molecular flexibility index (Phi) is 16.2. The van der Waals surface area contributed by atoms with Gasteiger partial charge in [-0.05, 0) is 29.6 Å². The van der Waals surface area contributed by atoms with Crippen LogP contribution in [0, 0.1) is 29.6 Å². The predicted molar refractivity (Wildman–Crippen MR) is 117 cm³/mol. The van der Waals surface area contributed by atoms with Crippen LogP contribution < -0.4 is 0 Å². The summed E-state index contributed by atoms with van der Waals surface area (Å²) in [5, 5.41) is 0. The van der Waals surface area contributed by atoms with Crippen LogP contribution in [0.2, 0.25) is 0 Å². The minimum absolute atomic E-state index is 0.879. The maximum atomic E-state index is 2.48. The van der Waals surface area contributed by atoms with Gasteiger partial charge in [-0.3, -0.25) is 0 Å². The van der Waals surface area contributed by atoms with E-state index < -0.39 is 0 Å². The molecule has 0 nitrogen and oxygen atoms in total. The normalized spacial score (nSPS) is 16.8. The molecule has 0 rings (SSSR count). The van der Waals surface area contributed by atoms with Crippen molar-refractivity contribution in [2.24, 2.45) is 29.6 Å². The first-order valence-corrected chi connectivity index (χ1v) is 11.8. The fraction of sp³-hybridized carbons (Fsp3) is 1.00. The Balaban J connectivity index is 3.52. The Hall–Kier alpha value is 0. The second-order valence-electron chi connectivity index (χ2n) is 9.95. The van der Waals surface area contributed by atoms with Crippen molar-refractivity contribution in [3.63, 3.8) is 0 Å². The molecule has 0 aromatic heterocycles. The second-order valence-corrected chi connectivity index (χ2v) is 9.95. The average Bonchev–Trinajstić information content (AvgIpc) is 2.54. The van der Waals surface area contributed by atoms with Crippen LogP contribution in [0.1, 0.15) is 132 Å². The highest BCUT2D eigenvalue weighted by Gasteiger charge is 2.08. The maximum absolute atomic E-state index is 2.48. The molecule has 0 saturated heterocycles. The molecule has 0 bridgehead atoms. The summed E-state index contributed by atoms with van der Waals surface area (Å²) in [6.07, 6.45) is 18.7. The minimum Gasteiger partial charge on any atom is -0.0651 e. The summed E-state index contributed by atoms with van der Waals surface area (Å²) in [7, 11) is 0. The molecule has 0 heteroatoms. The molecule has 0 radical (unpaired) electrons. The zero-order valence-corrected chi connectivity index (χ0v) is 19.1. The van der Waals surface area contributed by atoms with E-state index in [9.17, 15) is 0 Å². The van der Waals surface area contributed by atoms with Gasteiger partial charge in [0.2, 0.25) is 0 Å². The van der Waals surface area contributed by atoms with Crippen molar-refractivity contribution in [1.82, 2.24) is 0 Å². The highest BCUT2D eigenvalue weighted by atomic mass is 14.1. The smallest absolute Gasteiger partial charge is 0.0443 e. The Bertz CT molecular complexity index is 267. The monoisotopic (exact) mass is 352 g/mol. The summed E-state index contributed by atoms with van der Waals surface area (Å²) in [5.74, 6) is 4.63. The van der Waals surface area contributed by atoms with E-state index in [1.807, 2.05) is 0 Å². The van der Waals surface area contributed by atoms with Gasteiger partial charge in [0.05, 0.1) is 0 Å². The van der Waals surface area contributed by atoms with Crippen LogP contribution in [-0.4, -0.2) is 0 Å². The predicted octanol–water partition coefficient (Wildman–Crippen LogP) is 9.28. The molecule has 0 aromatic carbocycles. The molecular weight excluding hydrogens is 300 g/mol. The van der Waals surface area contributed by atoms with Crippen molar-refractivity contribution >= 4 is 0 Å². The van der Waals surface area contributed by atoms with Crippen molar-refractivity contribution in [1.29, 1.82) is 0 Å². The summed E-state index contributed by atoms with van der Waals surface area (Å²) in [6.45, 7) is 16.8. The lowest BCUT2D eigenvalue weighted by atomic mass is 9.90. The summed E-state index contributed by atoms with van der Waals surface area (Å²) in [5.41, 5.74) is 0. The van der Waals surface area contributed by atoms with E-state index in [0.29, 0.717) is 0 Å². The molecule has 0 spiro atoms. The van der Waals surface area contributed by atoms with Crippen molar-refractivity contribution in [2.45, 2.75) is 132 Å². The van der Waals surface area contributed by atoms with E-state index >= 15 is 0 Å². The lowest BCUT2D eigenvalue weighted by molar-refractivity contribution is 0.366. The van der Waals surface area contributed by atoms with Crippen LogP contribution in [0.3, 0.4) is 0 Å². The Morgan fingerprint density at radius 3 is 0.960 bits per heavy atom. The molecule has 0 aromatic rings. The molecule has 0 fully saturated rings. The van der Waals surface area contributed by atoms with E-state index in [4.69, 9.17) is 0 Å². The largest absolute Gasteiger partial charge is 0.0651 e. The van der Waals surface area contributed by atoms with E-state index in [-0.39, 0.29) is 0 Å². The first-order chi connectivity index (χ1) is 11.8. The van der Waals surface area contributed by atoms with Gasteiger partial charge in [0.25, 0.3) is 0 Å². The molecule has 4 atom stereocenters. The molecule has 0 heterocycles. The summed E-state index contributed by atoms with van der Waals surface area (Å²) < 4.78 is 0. The first-order valence-electron chi connectivity index (χ1n) is 11.8. The first kappa shape index (κ1) is 25.0. The highest BCUT2D eigenvalue weighted by molar-refractivity contribution is 4.61. The zero-order chi connectivity index (χ0) is 19.1. The Labute approximate surface area is 161 Å². The third kappa shape index (κ3) is 17.2. The number of hydrogen-bond donors (Lipinski definition) is 0. The van der Waals surface area contributed by atoms with Crippen LogP contribution in [0.25, 0.3) is 0 Å². The van der Waals surface area contributed by atoms with Crippen LogP contribution in [0.15, 0.2) is 0 Å². The van der Waals surface area contributed by atoms with Gasteiger partial charge in [0, 0.05) is 0 Å². The summed E-state index contributed by atoms with van der Waals surface area (Å²) in [6, 6.07) is 0. The number of hydrogen-bond acceptors (Lipinski definition) is 0. The second kappa shape index (κ2) is 16.2. The molecular formula is C25H52. The standard InChI is InChI=1S/C25H52/c1-8-22(4)14-10-16-24(6)18-12-20-25(7)19-11-17-23(5)15-9-13-21(2)3/h21-25H,8-20H2,1-7H3.